The Kier molecular flexibility index (Phi) is 4.66. The zero-order valence-electron chi connectivity index (χ0n) is 13.2. The van der Waals surface area contributed by atoms with Gasteiger partial charge in [-0.1, -0.05) is 19.1 Å². The van der Waals surface area contributed by atoms with Gasteiger partial charge >= 0.3 is 0 Å². The zero-order chi connectivity index (χ0) is 14.7. The van der Waals surface area contributed by atoms with Gasteiger partial charge in [0, 0.05) is 32.7 Å². The van der Waals surface area contributed by atoms with Gasteiger partial charge in [-0.15, -0.1) is 0 Å². The Labute approximate surface area is 128 Å². The predicted molar refractivity (Wildman–Crippen MR) is 87.2 cm³/mol. The maximum atomic E-state index is 5.48. The molecule has 2 aliphatic heterocycles. The quantitative estimate of drug-likeness (QED) is 0.912. The number of nitrogens with one attached hydrogen (secondary N) is 1. The van der Waals surface area contributed by atoms with Crippen molar-refractivity contribution in [3.63, 3.8) is 0 Å². The minimum atomic E-state index is 0.817. The average molecular weight is 289 g/mol. The summed E-state index contributed by atoms with van der Waals surface area (Å²) in [6, 6.07) is 8.34. The second-order valence-electron chi connectivity index (χ2n) is 6.36. The molecule has 3 rings (SSSR count). The Bertz CT molecular complexity index is 457. The SMILES string of the molecule is COc1ccccc1N1CCN(CC2CNCC2C)CC1. The molecule has 0 saturated carbocycles. The number of para-hydroxylation sites is 2. The van der Waals surface area contributed by atoms with Gasteiger partial charge in [0.15, 0.2) is 0 Å². The molecule has 1 aromatic carbocycles. The summed E-state index contributed by atoms with van der Waals surface area (Å²) in [5, 5.41) is 3.51. The van der Waals surface area contributed by atoms with Crippen molar-refractivity contribution in [1.82, 2.24) is 10.2 Å². The van der Waals surface area contributed by atoms with E-state index < -0.39 is 0 Å². The van der Waals surface area contributed by atoms with Crippen LogP contribution in [0.25, 0.3) is 0 Å². The van der Waals surface area contributed by atoms with Crippen molar-refractivity contribution < 1.29 is 4.74 Å². The van der Waals surface area contributed by atoms with E-state index in [1.54, 1.807) is 7.11 Å². The van der Waals surface area contributed by atoms with Crippen molar-refractivity contribution in [2.45, 2.75) is 6.92 Å². The standard InChI is InChI=1S/C17H27N3O/c1-14-11-18-12-15(14)13-19-7-9-20(10-8-19)16-5-3-4-6-17(16)21-2/h3-6,14-15,18H,7-13H2,1-2H3. The molecule has 2 saturated heterocycles. The summed E-state index contributed by atoms with van der Waals surface area (Å²) in [5.74, 6) is 2.62. The number of hydrogen-bond acceptors (Lipinski definition) is 4. The number of benzene rings is 1. The number of piperazine rings is 1. The number of nitrogens with zero attached hydrogens (tertiary/aromatic N) is 2. The van der Waals surface area contributed by atoms with Crippen LogP contribution in [0.5, 0.6) is 5.75 Å². The summed E-state index contributed by atoms with van der Waals surface area (Å²) in [5.41, 5.74) is 1.23. The van der Waals surface area contributed by atoms with Crippen molar-refractivity contribution in [2.24, 2.45) is 11.8 Å². The van der Waals surface area contributed by atoms with E-state index in [2.05, 4.69) is 34.2 Å². The highest BCUT2D eigenvalue weighted by molar-refractivity contribution is 5.58. The van der Waals surface area contributed by atoms with Crippen molar-refractivity contribution in [2.75, 3.05) is 57.8 Å². The van der Waals surface area contributed by atoms with Crippen LogP contribution in [0.2, 0.25) is 0 Å². The van der Waals surface area contributed by atoms with Crippen LogP contribution in [0.4, 0.5) is 5.69 Å². The molecule has 1 N–H and O–H groups in total. The van der Waals surface area contributed by atoms with Crippen LogP contribution in [-0.4, -0.2) is 57.8 Å². The van der Waals surface area contributed by atoms with E-state index in [0.717, 1.165) is 43.8 Å². The Morgan fingerprint density at radius 1 is 1.14 bits per heavy atom. The Morgan fingerprint density at radius 3 is 2.57 bits per heavy atom. The second-order valence-corrected chi connectivity index (χ2v) is 6.36. The second kappa shape index (κ2) is 6.67. The van der Waals surface area contributed by atoms with Gasteiger partial charge in [-0.2, -0.15) is 0 Å². The third kappa shape index (κ3) is 3.33. The monoisotopic (exact) mass is 289 g/mol. The minimum absolute atomic E-state index is 0.817. The number of hydrogen-bond donors (Lipinski definition) is 1. The molecule has 21 heavy (non-hydrogen) atoms. The lowest BCUT2D eigenvalue weighted by Crippen LogP contribution is -2.48. The average Bonchev–Trinajstić information content (AvgIpc) is 2.93. The molecule has 4 nitrogen and oxygen atoms in total. The molecule has 2 unspecified atom stereocenters. The molecule has 0 amide bonds. The molecule has 4 heteroatoms. The van der Waals surface area contributed by atoms with Crippen LogP contribution in [0, 0.1) is 11.8 Å². The fraction of sp³-hybridized carbons (Fsp3) is 0.647. The van der Waals surface area contributed by atoms with E-state index >= 15 is 0 Å². The number of ether oxygens (including phenoxy) is 1. The van der Waals surface area contributed by atoms with Gasteiger partial charge in [-0.25, -0.2) is 0 Å². The van der Waals surface area contributed by atoms with Crippen LogP contribution < -0.4 is 15.0 Å². The Balaban J connectivity index is 1.55. The summed E-state index contributed by atoms with van der Waals surface area (Å²) in [6.45, 7) is 10.5. The van der Waals surface area contributed by atoms with E-state index in [-0.39, 0.29) is 0 Å². The van der Waals surface area contributed by atoms with Gasteiger partial charge in [0.05, 0.1) is 12.8 Å². The van der Waals surface area contributed by atoms with Crippen molar-refractivity contribution in [3.05, 3.63) is 24.3 Å². The fourth-order valence-electron chi connectivity index (χ4n) is 3.50. The first-order chi connectivity index (χ1) is 10.3. The van der Waals surface area contributed by atoms with E-state index in [1.165, 1.54) is 25.3 Å². The maximum absolute atomic E-state index is 5.48. The molecule has 0 aliphatic carbocycles. The van der Waals surface area contributed by atoms with Gasteiger partial charge in [-0.3, -0.25) is 4.90 Å². The first kappa shape index (κ1) is 14.7. The number of anilines is 1. The van der Waals surface area contributed by atoms with E-state index in [1.807, 2.05) is 12.1 Å². The molecule has 2 heterocycles. The van der Waals surface area contributed by atoms with Gasteiger partial charge in [-0.05, 0) is 37.1 Å². The Morgan fingerprint density at radius 2 is 1.90 bits per heavy atom. The third-order valence-electron chi connectivity index (χ3n) is 4.97. The Hall–Kier alpha value is -1.26. The van der Waals surface area contributed by atoms with E-state index in [4.69, 9.17) is 4.74 Å². The summed E-state index contributed by atoms with van der Waals surface area (Å²) >= 11 is 0. The van der Waals surface area contributed by atoms with Crippen molar-refractivity contribution in [3.8, 4) is 5.75 Å². The van der Waals surface area contributed by atoms with Crippen LogP contribution in [0.3, 0.4) is 0 Å². The summed E-state index contributed by atoms with van der Waals surface area (Å²) in [6.07, 6.45) is 0. The molecule has 116 valence electrons. The van der Waals surface area contributed by atoms with Gasteiger partial charge < -0.3 is 15.0 Å². The molecule has 2 atom stereocenters. The first-order valence-electron chi connectivity index (χ1n) is 8.09. The molecule has 1 aromatic rings. The lowest BCUT2D eigenvalue weighted by atomic mass is 9.97. The highest BCUT2D eigenvalue weighted by atomic mass is 16.5. The molecular weight excluding hydrogens is 262 g/mol. The smallest absolute Gasteiger partial charge is 0.142 e. The predicted octanol–water partition coefficient (Wildman–Crippen LogP) is 1.67. The molecule has 0 aromatic heterocycles. The van der Waals surface area contributed by atoms with Crippen molar-refractivity contribution in [1.29, 1.82) is 0 Å². The van der Waals surface area contributed by atoms with Crippen LogP contribution >= 0.6 is 0 Å². The van der Waals surface area contributed by atoms with E-state index in [9.17, 15) is 0 Å². The van der Waals surface area contributed by atoms with Crippen LogP contribution in [-0.2, 0) is 0 Å². The molecule has 0 bridgehead atoms. The lowest BCUT2D eigenvalue weighted by molar-refractivity contribution is 0.207. The maximum Gasteiger partial charge on any atom is 0.142 e. The number of rotatable bonds is 4. The van der Waals surface area contributed by atoms with Gasteiger partial charge in [0.1, 0.15) is 5.75 Å². The molecular formula is C17H27N3O. The third-order valence-corrected chi connectivity index (χ3v) is 4.97. The largest absolute Gasteiger partial charge is 0.495 e. The molecule has 0 spiro atoms. The molecule has 0 radical (unpaired) electrons. The van der Waals surface area contributed by atoms with Gasteiger partial charge in [0.25, 0.3) is 0 Å². The number of methoxy groups -OCH3 is 1. The van der Waals surface area contributed by atoms with E-state index in [0.29, 0.717) is 0 Å². The molecule has 2 fully saturated rings. The summed E-state index contributed by atoms with van der Waals surface area (Å²) in [4.78, 5) is 5.08. The highest BCUT2D eigenvalue weighted by Crippen LogP contribution is 2.28. The minimum Gasteiger partial charge on any atom is -0.495 e. The fourth-order valence-corrected chi connectivity index (χ4v) is 3.50. The first-order valence-corrected chi connectivity index (χ1v) is 8.09. The summed E-state index contributed by atoms with van der Waals surface area (Å²) in [7, 11) is 1.75. The molecule has 2 aliphatic rings. The van der Waals surface area contributed by atoms with Crippen LogP contribution in [0.15, 0.2) is 24.3 Å². The zero-order valence-corrected chi connectivity index (χ0v) is 13.2. The van der Waals surface area contributed by atoms with Crippen molar-refractivity contribution >= 4 is 5.69 Å². The van der Waals surface area contributed by atoms with Crippen LogP contribution in [0.1, 0.15) is 6.92 Å². The highest BCUT2D eigenvalue weighted by Gasteiger charge is 2.27. The normalized spacial score (nSPS) is 27.0. The van der Waals surface area contributed by atoms with Gasteiger partial charge in [0.2, 0.25) is 0 Å². The summed E-state index contributed by atoms with van der Waals surface area (Å²) < 4.78 is 5.48. The topological polar surface area (TPSA) is 27.7 Å². The lowest BCUT2D eigenvalue weighted by Gasteiger charge is -2.38.